The number of ketones is 1. The van der Waals surface area contributed by atoms with Gasteiger partial charge in [0.1, 0.15) is 0 Å². The van der Waals surface area contributed by atoms with Crippen molar-refractivity contribution in [2.45, 2.75) is 62.5 Å². The summed E-state index contributed by atoms with van der Waals surface area (Å²) in [6.45, 7) is 8.38. The van der Waals surface area contributed by atoms with Gasteiger partial charge in [-0.3, -0.25) is 14.5 Å². The summed E-state index contributed by atoms with van der Waals surface area (Å²) in [6.07, 6.45) is 1.50. The van der Waals surface area contributed by atoms with E-state index >= 15 is 0 Å². The highest BCUT2D eigenvalue weighted by atomic mass is 32.2. The topological polar surface area (TPSA) is 63.2 Å². The average molecular weight is 434 g/mol. The average Bonchev–Trinajstić information content (AvgIpc) is 3.24. The summed E-state index contributed by atoms with van der Waals surface area (Å²) in [7, 11) is 0. The molecule has 4 rings (SSSR count). The standard InChI is InChI=1S/C20H23N3O2S3/c1-11(2)27-19-22-21-18(28-19)23-14-8-20(3,4)9-15(24)17(14)13(7-16(23)25)12-5-6-26-10-12/h5-6,10-11,13H,7-9H2,1-4H3. The molecule has 0 fully saturated rings. The summed E-state index contributed by atoms with van der Waals surface area (Å²) in [5, 5.41) is 13.6. The van der Waals surface area contributed by atoms with E-state index in [1.807, 2.05) is 16.8 Å². The highest BCUT2D eigenvalue weighted by molar-refractivity contribution is 8.01. The molecule has 148 valence electrons. The Morgan fingerprint density at radius 2 is 2.04 bits per heavy atom. The van der Waals surface area contributed by atoms with Gasteiger partial charge in [-0.1, -0.05) is 50.8 Å². The highest BCUT2D eigenvalue weighted by Gasteiger charge is 2.45. The van der Waals surface area contributed by atoms with Gasteiger partial charge in [0, 0.05) is 35.3 Å². The Hall–Kier alpha value is -1.51. The summed E-state index contributed by atoms with van der Waals surface area (Å²) >= 11 is 4.67. The van der Waals surface area contributed by atoms with Crippen molar-refractivity contribution in [3.8, 4) is 0 Å². The van der Waals surface area contributed by atoms with Crippen LogP contribution in [0.25, 0.3) is 0 Å². The first-order chi connectivity index (χ1) is 13.2. The van der Waals surface area contributed by atoms with Crippen molar-refractivity contribution in [2.75, 3.05) is 4.90 Å². The number of carbonyl (C=O) groups excluding carboxylic acids is 2. The zero-order valence-electron chi connectivity index (χ0n) is 16.4. The summed E-state index contributed by atoms with van der Waals surface area (Å²) in [4.78, 5) is 28.1. The molecule has 3 heterocycles. The molecule has 2 aliphatic rings. The number of carbonyl (C=O) groups is 2. The first-order valence-corrected chi connectivity index (χ1v) is 12.0. The van der Waals surface area contributed by atoms with Crippen molar-refractivity contribution in [3.05, 3.63) is 33.7 Å². The highest BCUT2D eigenvalue weighted by Crippen LogP contribution is 2.49. The van der Waals surface area contributed by atoms with Gasteiger partial charge in [-0.15, -0.1) is 10.2 Å². The lowest BCUT2D eigenvalue weighted by molar-refractivity contribution is -0.121. The minimum absolute atomic E-state index is 0.00213. The van der Waals surface area contributed by atoms with Crippen LogP contribution in [0.5, 0.6) is 0 Å². The van der Waals surface area contributed by atoms with E-state index in [4.69, 9.17) is 0 Å². The molecule has 0 spiro atoms. The van der Waals surface area contributed by atoms with Gasteiger partial charge in [0.25, 0.3) is 0 Å². The van der Waals surface area contributed by atoms with Crippen molar-refractivity contribution < 1.29 is 9.59 Å². The first-order valence-electron chi connectivity index (χ1n) is 9.36. The Labute approximate surface area is 177 Å². The maximum atomic E-state index is 13.2. The number of allylic oxidation sites excluding steroid dienone is 2. The number of hydrogen-bond donors (Lipinski definition) is 0. The summed E-state index contributed by atoms with van der Waals surface area (Å²) in [5.74, 6) is 0.00460. The summed E-state index contributed by atoms with van der Waals surface area (Å²) < 4.78 is 0.848. The van der Waals surface area contributed by atoms with Crippen LogP contribution in [-0.4, -0.2) is 27.1 Å². The molecule has 1 amide bonds. The van der Waals surface area contributed by atoms with Gasteiger partial charge >= 0.3 is 0 Å². The van der Waals surface area contributed by atoms with Gasteiger partial charge in [-0.05, 0) is 34.2 Å². The molecule has 0 N–H and O–H groups in total. The van der Waals surface area contributed by atoms with Gasteiger partial charge in [0.2, 0.25) is 11.0 Å². The number of rotatable bonds is 4. The van der Waals surface area contributed by atoms with Crippen LogP contribution in [0.15, 0.2) is 32.4 Å². The fourth-order valence-corrected chi connectivity index (χ4v) is 6.76. The Morgan fingerprint density at radius 1 is 1.25 bits per heavy atom. The predicted molar refractivity (Wildman–Crippen MR) is 115 cm³/mol. The van der Waals surface area contributed by atoms with E-state index < -0.39 is 0 Å². The van der Waals surface area contributed by atoms with E-state index in [-0.39, 0.29) is 23.0 Å². The molecule has 1 unspecified atom stereocenters. The number of thiophene rings is 1. The molecule has 5 nitrogen and oxygen atoms in total. The van der Waals surface area contributed by atoms with Crippen LogP contribution in [0.2, 0.25) is 0 Å². The van der Waals surface area contributed by atoms with Crippen LogP contribution in [-0.2, 0) is 9.59 Å². The third-order valence-electron chi connectivity index (χ3n) is 5.01. The number of nitrogens with zero attached hydrogens (tertiary/aromatic N) is 3. The van der Waals surface area contributed by atoms with Crippen molar-refractivity contribution in [2.24, 2.45) is 5.41 Å². The van der Waals surface area contributed by atoms with Crippen LogP contribution in [0.1, 0.15) is 58.4 Å². The van der Waals surface area contributed by atoms with Crippen molar-refractivity contribution in [3.63, 3.8) is 0 Å². The maximum absolute atomic E-state index is 13.2. The zero-order chi connectivity index (χ0) is 20.1. The maximum Gasteiger partial charge on any atom is 0.234 e. The monoisotopic (exact) mass is 433 g/mol. The fourth-order valence-electron chi connectivity index (χ4n) is 3.94. The molecule has 8 heteroatoms. The number of hydrogen-bond acceptors (Lipinski definition) is 7. The van der Waals surface area contributed by atoms with Crippen LogP contribution in [0.3, 0.4) is 0 Å². The number of Topliss-reactive ketones (excluding diaryl/α,β-unsaturated/α-hetero) is 1. The van der Waals surface area contributed by atoms with Gasteiger partial charge in [0.15, 0.2) is 10.1 Å². The number of aromatic nitrogens is 2. The van der Waals surface area contributed by atoms with Crippen LogP contribution < -0.4 is 4.90 Å². The van der Waals surface area contributed by atoms with E-state index in [9.17, 15) is 9.59 Å². The minimum atomic E-state index is -0.175. The van der Waals surface area contributed by atoms with Crippen molar-refractivity contribution in [1.29, 1.82) is 0 Å². The number of thioether (sulfide) groups is 1. The Morgan fingerprint density at radius 3 is 2.71 bits per heavy atom. The molecule has 1 atom stereocenters. The lowest BCUT2D eigenvalue weighted by Gasteiger charge is -2.41. The Balaban J connectivity index is 1.81. The summed E-state index contributed by atoms with van der Waals surface area (Å²) in [6, 6.07) is 2.03. The third-order valence-corrected chi connectivity index (χ3v) is 7.71. The molecule has 0 radical (unpaired) electrons. The largest absolute Gasteiger partial charge is 0.294 e. The molecule has 1 aliphatic heterocycles. The smallest absolute Gasteiger partial charge is 0.234 e. The lowest BCUT2D eigenvalue weighted by Crippen LogP contribution is -2.43. The second-order valence-electron chi connectivity index (χ2n) is 8.36. The third kappa shape index (κ3) is 3.69. The van der Waals surface area contributed by atoms with Gasteiger partial charge in [-0.2, -0.15) is 11.3 Å². The van der Waals surface area contributed by atoms with Crippen molar-refractivity contribution in [1.82, 2.24) is 10.2 Å². The van der Waals surface area contributed by atoms with Gasteiger partial charge in [-0.25, -0.2) is 0 Å². The van der Waals surface area contributed by atoms with E-state index in [1.54, 1.807) is 28.0 Å². The van der Waals surface area contributed by atoms with E-state index in [0.29, 0.717) is 29.6 Å². The number of amides is 1. The molecule has 0 saturated heterocycles. The molecule has 1 aliphatic carbocycles. The van der Waals surface area contributed by atoms with Crippen LogP contribution in [0, 0.1) is 5.41 Å². The zero-order valence-corrected chi connectivity index (χ0v) is 18.8. The van der Waals surface area contributed by atoms with E-state index in [1.165, 1.54) is 11.3 Å². The molecule has 0 bridgehead atoms. The summed E-state index contributed by atoms with van der Waals surface area (Å²) in [5.41, 5.74) is 2.51. The molecular formula is C20H23N3O2S3. The molecule has 28 heavy (non-hydrogen) atoms. The van der Waals surface area contributed by atoms with Crippen LogP contribution >= 0.6 is 34.4 Å². The first kappa shape index (κ1) is 19.8. The SMILES string of the molecule is CC(C)Sc1nnc(N2C(=O)CC(c3ccsc3)C3=C2CC(C)(C)CC3=O)s1. The van der Waals surface area contributed by atoms with Gasteiger partial charge < -0.3 is 0 Å². The number of anilines is 1. The quantitative estimate of drug-likeness (QED) is 0.486. The second-order valence-corrected chi connectivity index (χ2v) is 11.9. The normalized spacial score (nSPS) is 22.2. The Kier molecular flexibility index (Phi) is 5.22. The Bertz CT molecular complexity index is 944. The molecule has 2 aromatic rings. The fraction of sp³-hybridized carbons (Fsp3) is 0.500. The molecule has 0 aromatic carbocycles. The van der Waals surface area contributed by atoms with E-state index in [2.05, 4.69) is 37.9 Å². The van der Waals surface area contributed by atoms with Crippen LogP contribution in [0.4, 0.5) is 5.13 Å². The second kappa shape index (κ2) is 7.39. The molecular weight excluding hydrogens is 410 g/mol. The lowest BCUT2D eigenvalue weighted by atomic mass is 9.69. The van der Waals surface area contributed by atoms with Gasteiger partial charge in [0.05, 0.1) is 0 Å². The van der Waals surface area contributed by atoms with Crippen molar-refractivity contribution >= 4 is 51.3 Å². The predicted octanol–water partition coefficient (Wildman–Crippen LogP) is 5.26. The molecule has 2 aromatic heterocycles. The molecule has 0 saturated carbocycles. The minimum Gasteiger partial charge on any atom is -0.294 e. The van der Waals surface area contributed by atoms with E-state index in [0.717, 1.165) is 21.2 Å².